The highest BCUT2D eigenvalue weighted by Crippen LogP contribution is 2.49. The molecule has 4 rings (SSSR count). The molecule has 2 fully saturated rings. The van der Waals surface area contributed by atoms with Gasteiger partial charge in [-0.2, -0.15) is 13.2 Å². The molecule has 254 valence electrons. The molecule has 0 unspecified atom stereocenters. The molecular formula is C34H45F3N2O6S. The minimum Gasteiger partial charge on any atom is -0.493 e. The number of rotatable bonds is 11. The van der Waals surface area contributed by atoms with E-state index in [2.05, 4.69) is 5.32 Å². The monoisotopic (exact) mass is 666 g/mol. The lowest BCUT2D eigenvalue weighted by Crippen LogP contribution is -2.49. The first kappa shape index (κ1) is 35.7. The maximum absolute atomic E-state index is 14.3. The summed E-state index contributed by atoms with van der Waals surface area (Å²) in [6.45, 7) is 5.62. The number of benzene rings is 2. The van der Waals surface area contributed by atoms with E-state index < -0.39 is 57.0 Å². The van der Waals surface area contributed by atoms with Crippen LogP contribution in [0.15, 0.2) is 48.5 Å². The number of nitrogens with one attached hydrogen (secondary N) is 1. The highest BCUT2D eigenvalue weighted by molar-refractivity contribution is 7.90. The van der Waals surface area contributed by atoms with Gasteiger partial charge in [-0.15, -0.1) is 0 Å². The molecule has 0 aromatic heterocycles. The number of aliphatic carboxylic acids is 1. The van der Waals surface area contributed by atoms with Gasteiger partial charge in [0, 0.05) is 36.2 Å². The zero-order chi connectivity index (χ0) is 33.9. The minimum atomic E-state index is -4.62. The third-order valence-corrected chi connectivity index (χ3v) is 10.1. The smallest absolute Gasteiger partial charge is 0.416 e. The van der Waals surface area contributed by atoms with Crippen LogP contribution in [0.25, 0.3) is 0 Å². The van der Waals surface area contributed by atoms with Gasteiger partial charge in [0.05, 0.1) is 24.0 Å². The Morgan fingerprint density at radius 2 is 1.67 bits per heavy atom. The molecule has 8 nitrogen and oxygen atoms in total. The summed E-state index contributed by atoms with van der Waals surface area (Å²) in [4.78, 5) is 28.9. The Morgan fingerprint density at radius 3 is 2.24 bits per heavy atom. The highest BCUT2D eigenvalue weighted by Gasteiger charge is 2.58. The second kappa shape index (κ2) is 14.3. The molecule has 46 heavy (non-hydrogen) atoms. The summed E-state index contributed by atoms with van der Waals surface area (Å²) in [5.41, 5.74) is -0.557. The van der Waals surface area contributed by atoms with Gasteiger partial charge in [0.1, 0.15) is 21.6 Å². The van der Waals surface area contributed by atoms with Crippen LogP contribution in [0.1, 0.15) is 82.0 Å². The number of nitrogens with zero attached hydrogens (tertiary/aromatic N) is 1. The molecule has 1 heterocycles. The van der Waals surface area contributed by atoms with Crippen LogP contribution in [0, 0.1) is 17.3 Å². The van der Waals surface area contributed by atoms with E-state index in [4.69, 9.17) is 4.74 Å². The van der Waals surface area contributed by atoms with Crippen LogP contribution < -0.4 is 10.1 Å². The quantitative estimate of drug-likeness (QED) is 0.273. The van der Waals surface area contributed by atoms with E-state index in [1.54, 1.807) is 0 Å². The molecule has 0 bridgehead atoms. The normalized spacial score (nSPS) is 23.0. The molecular weight excluding hydrogens is 621 g/mol. The lowest BCUT2D eigenvalue weighted by Gasteiger charge is -2.36. The molecule has 2 aliphatic rings. The van der Waals surface area contributed by atoms with Gasteiger partial charge >= 0.3 is 12.1 Å². The molecule has 2 N–H and O–H groups in total. The van der Waals surface area contributed by atoms with Crippen LogP contribution in [-0.2, 0) is 32.1 Å². The van der Waals surface area contributed by atoms with E-state index in [1.165, 1.54) is 11.0 Å². The largest absolute Gasteiger partial charge is 0.493 e. The Hall–Kier alpha value is -3.12. The third kappa shape index (κ3) is 8.61. The summed E-state index contributed by atoms with van der Waals surface area (Å²) in [7, 11) is -3.24. The van der Waals surface area contributed by atoms with Crippen molar-refractivity contribution >= 4 is 21.7 Å². The summed E-state index contributed by atoms with van der Waals surface area (Å²) in [6.07, 6.45) is 0.834. The van der Waals surface area contributed by atoms with E-state index >= 15 is 0 Å². The summed E-state index contributed by atoms with van der Waals surface area (Å²) in [5.74, 6) is -2.18. The average Bonchev–Trinajstić information content (AvgIpc) is 3.34. The van der Waals surface area contributed by atoms with Crippen LogP contribution in [0.3, 0.4) is 0 Å². The molecule has 1 saturated heterocycles. The number of carboxylic acids is 1. The van der Waals surface area contributed by atoms with E-state index in [1.807, 2.05) is 51.1 Å². The summed E-state index contributed by atoms with van der Waals surface area (Å²) in [5, 5.41) is 14.1. The first-order chi connectivity index (χ1) is 21.5. The van der Waals surface area contributed by atoms with Gasteiger partial charge in [0.25, 0.3) is 0 Å². The maximum atomic E-state index is 14.3. The Labute approximate surface area is 269 Å². The van der Waals surface area contributed by atoms with Crippen LogP contribution in [0.5, 0.6) is 5.75 Å². The summed E-state index contributed by atoms with van der Waals surface area (Å²) < 4.78 is 70.3. The number of likely N-dealkylation sites (tertiary alicyclic amines) is 1. The Balaban J connectivity index is 1.75. The van der Waals surface area contributed by atoms with Crippen molar-refractivity contribution in [1.29, 1.82) is 0 Å². The number of ether oxygens (including phenoxy) is 1. The number of hydrogen-bond acceptors (Lipinski definition) is 6. The zero-order valence-electron chi connectivity index (χ0n) is 26.8. The van der Waals surface area contributed by atoms with Crippen molar-refractivity contribution in [2.75, 3.05) is 18.6 Å². The number of carbonyl (C=O) groups excluding carboxylic acids is 1. The molecule has 2 aromatic carbocycles. The fourth-order valence-electron chi connectivity index (χ4n) is 7.05. The van der Waals surface area contributed by atoms with E-state index in [0.717, 1.165) is 43.2 Å². The Morgan fingerprint density at radius 1 is 1.02 bits per heavy atom. The van der Waals surface area contributed by atoms with Crippen molar-refractivity contribution < 1.29 is 41.0 Å². The second-order valence-corrected chi connectivity index (χ2v) is 15.9. The van der Waals surface area contributed by atoms with E-state index in [9.17, 15) is 36.3 Å². The Kier molecular flexibility index (Phi) is 11.1. The fourth-order valence-corrected chi connectivity index (χ4v) is 7.70. The first-order valence-corrected chi connectivity index (χ1v) is 17.9. The van der Waals surface area contributed by atoms with Crippen molar-refractivity contribution in [3.8, 4) is 5.75 Å². The summed E-state index contributed by atoms with van der Waals surface area (Å²) in [6, 6.07) is 9.84. The second-order valence-electron chi connectivity index (χ2n) is 13.7. The summed E-state index contributed by atoms with van der Waals surface area (Å²) >= 11 is 0. The highest BCUT2D eigenvalue weighted by atomic mass is 32.2. The lowest BCUT2D eigenvalue weighted by molar-refractivity contribution is -0.154. The number of hydrogen-bond donors (Lipinski definition) is 2. The van der Waals surface area contributed by atoms with Gasteiger partial charge in [0.15, 0.2) is 0 Å². The zero-order valence-corrected chi connectivity index (χ0v) is 27.7. The van der Waals surface area contributed by atoms with Crippen molar-refractivity contribution in [3.05, 3.63) is 65.2 Å². The van der Waals surface area contributed by atoms with Crippen molar-refractivity contribution in [2.45, 2.75) is 90.1 Å². The molecule has 1 aliphatic heterocycles. The molecule has 1 saturated carbocycles. The van der Waals surface area contributed by atoms with Gasteiger partial charge in [-0.25, -0.2) is 13.2 Å². The number of amides is 1. The number of alkyl halides is 3. The average molecular weight is 667 g/mol. The minimum absolute atomic E-state index is 0.0170. The van der Waals surface area contributed by atoms with Gasteiger partial charge < -0.3 is 20.1 Å². The van der Waals surface area contributed by atoms with Crippen LogP contribution in [0.2, 0.25) is 0 Å². The van der Waals surface area contributed by atoms with Crippen molar-refractivity contribution in [3.63, 3.8) is 0 Å². The van der Waals surface area contributed by atoms with Crippen LogP contribution in [0.4, 0.5) is 13.2 Å². The topological polar surface area (TPSA) is 113 Å². The maximum Gasteiger partial charge on any atom is 0.416 e. The lowest BCUT2D eigenvalue weighted by atomic mass is 9.72. The van der Waals surface area contributed by atoms with Gasteiger partial charge in [-0.05, 0) is 48.4 Å². The molecule has 0 radical (unpaired) electrons. The molecule has 2 aromatic rings. The number of carboxylic acid groups (broad SMARTS) is 1. The molecule has 4 atom stereocenters. The van der Waals surface area contributed by atoms with Crippen LogP contribution >= 0.6 is 0 Å². The van der Waals surface area contributed by atoms with E-state index in [-0.39, 0.29) is 48.5 Å². The predicted molar refractivity (Wildman–Crippen MR) is 169 cm³/mol. The Bertz CT molecular complexity index is 1470. The molecule has 12 heteroatoms. The number of sulfone groups is 1. The molecule has 1 amide bonds. The number of carbonyl (C=O) groups is 2. The van der Waals surface area contributed by atoms with Gasteiger partial charge in [0.2, 0.25) is 5.91 Å². The third-order valence-electron chi connectivity index (χ3n) is 9.10. The predicted octanol–water partition coefficient (Wildman–Crippen LogP) is 6.26. The van der Waals surface area contributed by atoms with Gasteiger partial charge in [-0.3, -0.25) is 4.79 Å². The SMILES string of the molecule is CC(C)(C)[C@@H]1[C@@H](NCc2cc(C(F)(F)F)ccc2OCCCS(C)(=O)=O)[C@@H](c2ccccc2)N(C(=O)C2CCCCC2)[C@H]1C(=O)O. The fraction of sp³-hybridized carbons (Fsp3) is 0.588. The standard InChI is InChI=1S/C34H45F3N2O6S/c1-33(2,3)27-28(38-21-24-20-25(34(35,36)37)16-17-26(24)45-18-11-19-46(4,43)44)29(22-12-7-5-8-13-22)39(30(27)32(41)42)31(40)23-14-9-6-10-15-23/h5,7-8,12-13,16-17,20,23,27-30,38H,6,9-11,14-15,18-19,21H2,1-4H3,(H,41,42)/t27-,28-,29-,30-/m1/s1. The van der Waals surface area contributed by atoms with Gasteiger partial charge in [-0.1, -0.05) is 70.4 Å². The molecule has 0 spiro atoms. The first-order valence-electron chi connectivity index (χ1n) is 15.8. The van der Waals surface area contributed by atoms with Crippen molar-refractivity contribution in [2.24, 2.45) is 17.3 Å². The molecule has 1 aliphatic carbocycles. The van der Waals surface area contributed by atoms with Crippen LogP contribution in [-0.4, -0.2) is 61.0 Å². The van der Waals surface area contributed by atoms with E-state index in [0.29, 0.717) is 12.8 Å². The number of halogens is 3. The van der Waals surface area contributed by atoms with Crippen molar-refractivity contribution in [1.82, 2.24) is 10.2 Å².